The molecule has 0 atom stereocenters. The number of H-pyrrole nitrogens is 1. The van der Waals surface area contributed by atoms with Gasteiger partial charge in [-0.2, -0.15) is 5.26 Å². The van der Waals surface area contributed by atoms with Gasteiger partial charge in [0.2, 0.25) is 5.91 Å². The summed E-state index contributed by atoms with van der Waals surface area (Å²) in [6, 6.07) is 7.92. The Hall–Kier alpha value is -3.48. The maximum Gasteiger partial charge on any atom is 0.291 e. The van der Waals surface area contributed by atoms with Gasteiger partial charge in [-0.25, -0.2) is 4.98 Å². The topological polar surface area (TPSA) is 120 Å². The predicted octanol–water partition coefficient (Wildman–Crippen LogP) is 4.03. The number of hydrogen-bond acceptors (Lipinski definition) is 6. The number of morpholine rings is 1. The number of amides is 2. The number of nitrogens with one attached hydrogen (secondary N) is 2. The van der Waals surface area contributed by atoms with Crippen LogP contribution in [0, 0.1) is 16.7 Å². The fourth-order valence-corrected chi connectivity index (χ4v) is 5.63. The lowest BCUT2D eigenvalue weighted by molar-refractivity contribution is -0.145. The van der Waals surface area contributed by atoms with Crippen LogP contribution in [0.1, 0.15) is 73.4 Å². The van der Waals surface area contributed by atoms with E-state index in [1.807, 2.05) is 23.1 Å². The molecule has 2 aliphatic heterocycles. The Balaban J connectivity index is 1.54. The molecule has 3 heterocycles. The molecule has 0 unspecified atom stereocenters. The molecule has 2 saturated heterocycles. The third kappa shape index (κ3) is 5.24. The second kappa shape index (κ2) is 10.7. The standard InChI is InChI=1S/C29H35N5O4/c1-28(2)7-5-20(6-8-28)23-17-21(3-4-24(23)33-26(35)25-31-19-22(18-30)32-25)29(9-13-37-14-10-29)27(36)34-11-15-38-16-12-34/h3-5,17,19H,6-16H2,1-2H3,(H,31,32)(H,33,35). The Kier molecular flexibility index (Phi) is 7.37. The quantitative estimate of drug-likeness (QED) is 0.618. The van der Waals surface area contributed by atoms with Crippen LogP contribution >= 0.6 is 0 Å². The molecule has 0 spiro atoms. The molecule has 1 aromatic heterocycles. The number of carbonyl (C=O) groups is 2. The van der Waals surface area contributed by atoms with E-state index in [1.165, 1.54) is 11.8 Å². The first kappa shape index (κ1) is 26.1. The minimum Gasteiger partial charge on any atom is -0.381 e. The summed E-state index contributed by atoms with van der Waals surface area (Å²) in [5.74, 6) is -0.202. The van der Waals surface area contributed by atoms with Crippen molar-refractivity contribution in [3.8, 4) is 6.07 Å². The van der Waals surface area contributed by atoms with Crippen LogP contribution in [0.5, 0.6) is 0 Å². The summed E-state index contributed by atoms with van der Waals surface area (Å²) in [4.78, 5) is 35.8. The SMILES string of the molecule is CC1(C)CC=C(c2cc(C3(C(=O)N4CCOCC4)CCOCC3)ccc2NC(=O)c2nc(C#N)c[nH]2)CC1. The average molecular weight is 518 g/mol. The molecular weight excluding hydrogens is 482 g/mol. The highest BCUT2D eigenvalue weighted by molar-refractivity contribution is 6.03. The average Bonchev–Trinajstić information content (AvgIpc) is 3.44. The van der Waals surface area contributed by atoms with Gasteiger partial charge in [0.25, 0.3) is 5.91 Å². The number of anilines is 1. The predicted molar refractivity (Wildman–Crippen MR) is 142 cm³/mol. The van der Waals surface area contributed by atoms with Crippen LogP contribution in [0.3, 0.4) is 0 Å². The van der Waals surface area contributed by atoms with Gasteiger partial charge in [0.05, 0.1) is 18.6 Å². The van der Waals surface area contributed by atoms with Crippen molar-refractivity contribution in [2.24, 2.45) is 5.41 Å². The first-order valence-electron chi connectivity index (χ1n) is 13.4. The number of allylic oxidation sites excluding steroid dienone is 2. The van der Waals surface area contributed by atoms with Crippen molar-refractivity contribution in [1.29, 1.82) is 5.26 Å². The summed E-state index contributed by atoms with van der Waals surface area (Å²) in [6.45, 7) is 7.88. The monoisotopic (exact) mass is 517 g/mol. The number of rotatable bonds is 5. The Bertz CT molecular complexity index is 1280. The van der Waals surface area contributed by atoms with Gasteiger partial charge in [-0.3, -0.25) is 9.59 Å². The van der Waals surface area contributed by atoms with Gasteiger partial charge >= 0.3 is 0 Å². The lowest BCUT2D eigenvalue weighted by Crippen LogP contribution is -2.53. The minimum absolute atomic E-state index is 0.0822. The van der Waals surface area contributed by atoms with Crippen LogP contribution in [-0.2, 0) is 19.7 Å². The van der Waals surface area contributed by atoms with Crippen LogP contribution in [0.15, 0.2) is 30.5 Å². The van der Waals surface area contributed by atoms with Gasteiger partial charge in [0.1, 0.15) is 6.07 Å². The van der Waals surface area contributed by atoms with E-state index in [4.69, 9.17) is 14.7 Å². The van der Waals surface area contributed by atoms with Gasteiger partial charge in [0.15, 0.2) is 11.5 Å². The van der Waals surface area contributed by atoms with Crippen LogP contribution in [0.4, 0.5) is 5.69 Å². The molecule has 0 saturated carbocycles. The van der Waals surface area contributed by atoms with Crippen molar-refractivity contribution in [2.75, 3.05) is 44.8 Å². The lowest BCUT2D eigenvalue weighted by Gasteiger charge is -2.41. The van der Waals surface area contributed by atoms with E-state index in [1.54, 1.807) is 0 Å². The number of hydrogen-bond donors (Lipinski definition) is 2. The maximum absolute atomic E-state index is 14.0. The van der Waals surface area contributed by atoms with Gasteiger partial charge in [-0.05, 0) is 60.8 Å². The Labute approximate surface area is 223 Å². The highest BCUT2D eigenvalue weighted by Gasteiger charge is 2.44. The van der Waals surface area contributed by atoms with Crippen LogP contribution in [0.2, 0.25) is 0 Å². The zero-order valence-corrected chi connectivity index (χ0v) is 22.1. The summed E-state index contributed by atoms with van der Waals surface area (Å²) < 4.78 is 11.2. The zero-order valence-electron chi connectivity index (χ0n) is 22.1. The Morgan fingerprint density at radius 1 is 1.11 bits per heavy atom. The molecule has 1 aromatic carbocycles. The zero-order chi connectivity index (χ0) is 26.8. The highest BCUT2D eigenvalue weighted by Crippen LogP contribution is 2.43. The first-order chi connectivity index (χ1) is 18.3. The summed E-state index contributed by atoms with van der Waals surface area (Å²) in [5, 5.41) is 12.1. The van der Waals surface area contributed by atoms with Gasteiger partial charge < -0.3 is 24.7 Å². The summed E-state index contributed by atoms with van der Waals surface area (Å²) in [7, 11) is 0. The molecule has 2 fully saturated rings. The fraction of sp³-hybridized carbons (Fsp3) is 0.517. The van der Waals surface area contributed by atoms with Crippen molar-refractivity contribution in [1.82, 2.24) is 14.9 Å². The Morgan fingerprint density at radius 2 is 1.84 bits per heavy atom. The van der Waals surface area contributed by atoms with Gasteiger partial charge in [-0.1, -0.05) is 26.0 Å². The third-order valence-electron chi connectivity index (χ3n) is 8.10. The molecule has 2 aromatic rings. The highest BCUT2D eigenvalue weighted by atomic mass is 16.5. The number of ether oxygens (including phenoxy) is 2. The van der Waals surface area contributed by atoms with E-state index in [2.05, 4.69) is 41.3 Å². The lowest BCUT2D eigenvalue weighted by atomic mass is 9.71. The molecule has 200 valence electrons. The second-order valence-electron chi connectivity index (χ2n) is 11.2. The van der Waals surface area contributed by atoms with Crippen molar-refractivity contribution in [3.63, 3.8) is 0 Å². The van der Waals surface area contributed by atoms with E-state index >= 15 is 0 Å². The first-order valence-corrected chi connectivity index (χ1v) is 13.4. The molecule has 2 amide bonds. The summed E-state index contributed by atoms with van der Waals surface area (Å²) in [6.07, 6.45) is 7.76. The number of aromatic nitrogens is 2. The van der Waals surface area contributed by atoms with E-state index in [0.717, 1.165) is 30.4 Å². The molecular formula is C29H35N5O4. The molecule has 2 N–H and O–H groups in total. The minimum atomic E-state index is -0.677. The van der Waals surface area contributed by atoms with Crippen molar-refractivity contribution < 1.29 is 19.1 Å². The maximum atomic E-state index is 14.0. The molecule has 1 aliphatic carbocycles. The number of imidazole rings is 1. The van der Waals surface area contributed by atoms with Crippen LogP contribution < -0.4 is 5.32 Å². The number of nitriles is 1. The molecule has 9 heteroatoms. The summed E-state index contributed by atoms with van der Waals surface area (Å²) >= 11 is 0. The second-order valence-corrected chi connectivity index (χ2v) is 11.2. The number of aromatic amines is 1. The van der Waals surface area contributed by atoms with Crippen molar-refractivity contribution in [3.05, 3.63) is 53.1 Å². The molecule has 3 aliphatic rings. The van der Waals surface area contributed by atoms with Crippen LogP contribution in [-0.4, -0.2) is 66.2 Å². The van der Waals surface area contributed by atoms with E-state index in [0.29, 0.717) is 58.0 Å². The van der Waals surface area contributed by atoms with E-state index in [9.17, 15) is 9.59 Å². The number of benzene rings is 1. The van der Waals surface area contributed by atoms with Crippen molar-refractivity contribution in [2.45, 2.75) is 51.4 Å². The smallest absolute Gasteiger partial charge is 0.291 e. The number of carbonyl (C=O) groups excluding carboxylic acids is 2. The van der Waals surface area contributed by atoms with E-state index in [-0.39, 0.29) is 22.8 Å². The largest absolute Gasteiger partial charge is 0.381 e. The molecule has 0 radical (unpaired) electrons. The normalized spacial score (nSPS) is 20.8. The number of nitrogens with zero attached hydrogens (tertiary/aromatic N) is 3. The fourth-order valence-electron chi connectivity index (χ4n) is 5.63. The summed E-state index contributed by atoms with van der Waals surface area (Å²) in [5.41, 5.74) is 3.43. The van der Waals surface area contributed by atoms with Gasteiger partial charge in [-0.15, -0.1) is 0 Å². The molecule has 9 nitrogen and oxygen atoms in total. The molecule has 0 bridgehead atoms. The molecule has 38 heavy (non-hydrogen) atoms. The Morgan fingerprint density at radius 3 is 2.50 bits per heavy atom. The molecule has 5 rings (SSSR count). The van der Waals surface area contributed by atoms with E-state index < -0.39 is 11.3 Å². The van der Waals surface area contributed by atoms with Crippen LogP contribution in [0.25, 0.3) is 5.57 Å². The third-order valence-corrected chi connectivity index (χ3v) is 8.10. The van der Waals surface area contributed by atoms with Gasteiger partial charge in [0, 0.05) is 43.8 Å². The van der Waals surface area contributed by atoms with Crippen molar-refractivity contribution >= 4 is 23.1 Å².